The van der Waals surface area contributed by atoms with E-state index in [0.29, 0.717) is 28.4 Å². The summed E-state index contributed by atoms with van der Waals surface area (Å²) in [4.78, 5) is 12.4. The van der Waals surface area contributed by atoms with Gasteiger partial charge in [0.25, 0.3) is 5.91 Å². The zero-order valence-electron chi connectivity index (χ0n) is 13.2. The van der Waals surface area contributed by atoms with E-state index in [2.05, 4.69) is 5.32 Å². The highest BCUT2D eigenvalue weighted by Crippen LogP contribution is 2.35. The summed E-state index contributed by atoms with van der Waals surface area (Å²) in [5, 5.41) is 2.89. The van der Waals surface area contributed by atoms with Crippen LogP contribution in [0.3, 0.4) is 0 Å². The third-order valence-corrected chi connectivity index (χ3v) is 3.79. The molecule has 0 aliphatic heterocycles. The van der Waals surface area contributed by atoms with Crippen molar-refractivity contribution in [2.45, 2.75) is 0 Å². The molecule has 0 spiro atoms. The second-order valence-electron chi connectivity index (χ2n) is 5.20. The Balaban J connectivity index is 1.84. The fourth-order valence-corrected chi connectivity index (χ4v) is 2.55. The number of benzene rings is 2. The molecule has 3 N–H and O–H groups in total. The number of anilines is 2. The van der Waals surface area contributed by atoms with Crippen LogP contribution in [0.1, 0.15) is 10.6 Å². The lowest BCUT2D eigenvalue weighted by atomic mass is 10.2. The van der Waals surface area contributed by atoms with E-state index in [9.17, 15) is 9.18 Å². The van der Waals surface area contributed by atoms with E-state index in [1.165, 1.54) is 31.4 Å². The second kappa shape index (κ2) is 6.86. The molecule has 3 aromatic rings. The summed E-state index contributed by atoms with van der Waals surface area (Å²) in [5.41, 5.74) is 7.07. The number of nitrogens with one attached hydrogen (secondary N) is 1. The average molecular weight is 361 g/mol. The molecular weight excluding hydrogens is 347 g/mol. The van der Waals surface area contributed by atoms with E-state index < -0.39 is 5.91 Å². The topological polar surface area (TPSA) is 77.5 Å². The van der Waals surface area contributed by atoms with E-state index in [4.69, 9.17) is 26.5 Å². The quantitative estimate of drug-likeness (QED) is 0.667. The minimum Gasteiger partial charge on any atom is -0.494 e. The number of carbonyl (C=O) groups excluding carboxylic acids is 1. The molecule has 0 aliphatic carbocycles. The predicted octanol–water partition coefficient (Wildman–Crippen LogP) is 4.58. The fourth-order valence-electron chi connectivity index (χ4n) is 2.29. The van der Waals surface area contributed by atoms with Crippen LogP contribution in [-0.4, -0.2) is 13.0 Å². The Hall–Kier alpha value is -2.99. The van der Waals surface area contributed by atoms with Crippen LogP contribution >= 0.6 is 11.6 Å². The van der Waals surface area contributed by atoms with Gasteiger partial charge in [0, 0.05) is 17.3 Å². The Morgan fingerprint density at radius 2 is 1.92 bits per heavy atom. The summed E-state index contributed by atoms with van der Waals surface area (Å²) in [5.74, 6) is 0.00939. The Bertz CT molecular complexity index is 923. The van der Waals surface area contributed by atoms with Gasteiger partial charge in [0.15, 0.2) is 5.76 Å². The number of rotatable bonds is 4. The molecule has 7 heteroatoms. The molecule has 128 valence electrons. The van der Waals surface area contributed by atoms with Gasteiger partial charge in [-0.25, -0.2) is 4.39 Å². The molecule has 0 fully saturated rings. The van der Waals surface area contributed by atoms with Crippen molar-refractivity contribution in [3.63, 3.8) is 0 Å². The standard InChI is InChI=1S/C18H14ClFN2O3/c1-24-16-9-12(21)8-13(19)17(16)22-18(23)15-7-6-14(25-15)10-2-4-11(20)5-3-10/h2-9H,21H2,1H3,(H,22,23). The lowest BCUT2D eigenvalue weighted by Gasteiger charge is -2.12. The smallest absolute Gasteiger partial charge is 0.291 e. The molecule has 0 radical (unpaired) electrons. The van der Waals surface area contributed by atoms with Crippen molar-refractivity contribution in [1.29, 1.82) is 0 Å². The van der Waals surface area contributed by atoms with E-state index in [0.717, 1.165) is 0 Å². The van der Waals surface area contributed by atoms with E-state index in [-0.39, 0.29) is 16.6 Å². The number of methoxy groups -OCH3 is 1. The fraction of sp³-hybridized carbons (Fsp3) is 0.0556. The highest BCUT2D eigenvalue weighted by Gasteiger charge is 2.17. The summed E-state index contributed by atoms with van der Waals surface area (Å²) in [7, 11) is 1.44. The van der Waals surface area contributed by atoms with Crippen LogP contribution in [0.4, 0.5) is 15.8 Å². The van der Waals surface area contributed by atoms with Crippen molar-refractivity contribution in [1.82, 2.24) is 0 Å². The van der Waals surface area contributed by atoms with Crippen LogP contribution < -0.4 is 15.8 Å². The van der Waals surface area contributed by atoms with Gasteiger partial charge in [-0.05, 0) is 42.5 Å². The molecule has 0 bridgehead atoms. The molecule has 0 aliphatic rings. The van der Waals surface area contributed by atoms with Crippen molar-refractivity contribution in [2.75, 3.05) is 18.2 Å². The summed E-state index contributed by atoms with van der Waals surface area (Å²) < 4.78 is 23.7. The predicted molar refractivity (Wildman–Crippen MR) is 94.5 cm³/mol. The van der Waals surface area contributed by atoms with Gasteiger partial charge in [-0.2, -0.15) is 0 Å². The normalized spacial score (nSPS) is 10.5. The summed E-state index contributed by atoms with van der Waals surface area (Å²) in [6, 6.07) is 12.0. The van der Waals surface area contributed by atoms with Crippen molar-refractivity contribution < 1.29 is 18.3 Å². The first kappa shape index (κ1) is 16.9. The van der Waals surface area contributed by atoms with Gasteiger partial charge < -0.3 is 20.2 Å². The van der Waals surface area contributed by atoms with E-state index >= 15 is 0 Å². The van der Waals surface area contributed by atoms with Gasteiger partial charge >= 0.3 is 0 Å². The van der Waals surface area contributed by atoms with Crippen molar-refractivity contribution in [2.24, 2.45) is 0 Å². The third-order valence-electron chi connectivity index (χ3n) is 3.49. The molecule has 0 saturated carbocycles. The van der Waals surface area contributed by atoms with Gasteiger partial charge in [0.2, 0.25) is 0 Å². The van der Waals surface area contributed by atoms with Crippen molar-refractivity contribution in [3.05, 3.63) is 65.1 Å². The molecule has 5 nitrogen and oxygen atoms in total. The number of ether oxygens (including phenoxy) is 1. The minimum absolute atomic E-state index is 0.0780. The largest absolute Gasteiger partial charge is 0.494 e. The highest BCUT2D eigenvalue weighted by atomic mass is 35.5. The molecule has 2 aromatic carbocycles. The maximum Gasteiger partial charge on any atom is 0.291 e. The highest BCUT2D eigenvalue weighted by molar-refractivity contribution is 6.34. The molecule has 25 heavy (non-hydrogen) atoms. The van der Waals surface area contributed by atoms with Gasteiger partial charge in [-0.3, -0.25) is 4.79 Å². The molecule has 1 amide bonds. The minimum atomic E-state index is -0.502. The summed E-state index contributed by atoms with van der Waals surface area (Å²) in [6.07, 6.45) is 0. The van der Waals surface area contributed by atoms with Crippen molar-refractivity contribution in [3.8, 4) is 17.1 Å². The zero-order chi connectivity index (χ0) is 18.0. The van der Waals surface area contributed by atoms with E-state index in [1.807, 2.05) is 0 Å². The third kappa shape index (κ3) is 3.59. The van der Waals surface area contributed by atoms with Crippen LogP contribution in [-0.2, 0) is 0 Å². The Labute approximate surface area is 148 Å². The SMILES string of the molecule is COc1cc(N)cc(Cl)c1NC(=O)c1ccc(-c2ccc(F)cc2)o1. The van der Waals surface area contributed by atoms with Crippen LogP contribution in [0.2, 0.25) is 5.02 Å². The molecular formula is C18H14ClFN2O3. The second-order valence-corrected chi connectivity index (χ2v) is 5.61. The first-order valence-corrected chi connectivity index (χ1v) is 7.66. The number of amides is 1. The number of nitrogens with two attached hydrogens (primary N) is 1. The average Bonchev–Trinajstić information content (AvgIpc) is 3.07. The maximum absolute atomic E-state index is 13.0. The lowest BCUT2D eigenvalue weighted by molar-refractivity contribution is 0.0997. The lowest BCUT2D eigenvalue weighted by Crippen LogP contribution is -2.12. The van der Waals surface area contributed by atoms with Crippen LogP contribution in [0.15, 0.2) is 52.9 Å². The summed E-state index contributed by atoms with van der Waals surface area (Å²) >= 11 is 6.12. The molecule has 1 aromatic heterocycles. The molecule has 0 unspecified atom stereocenters. The monoisotopic (exact) mass is 360 g/mol. The molecule has 3 rings (SSSR count). The Morgan fingerprint density at radius 1 is 1.20 bits per heavy atom. The first-order chi connectivity index (χ1) is 12.0. The number of hydrogen-bond acceptors (Lipinski definition) is 4. The number of furan rings is 1. The number of nitrogen functional groups attached to an aromatic ring is 1. The van der Waals surface area contributed by atoms with Crippen LogP contribution in [0.25, 0.3) is 11.3 Å². The van der Waals surface area contributed by atoms with Gasteiger partial charge in [0.05, 0.1) is 12.1 Å². The molecule has 0 saturated heterocycles. The van der Waals surface area contributed by atoms with Crippen LogP contribution in [0, 0.1) is 5.82 Å². The van der Waals surface area contributed by atoms with E-state index in [1.54, 1.807) is 24.3 Å². The number of halogens is 2. The zero-order valence-corrected chi connectivity index (χ0v) is 13.9. The summed E-state index contributed by atoms with van der Waals surface area (Å²) in [6.45, 7) is 0. The maximum atomic E-state index is 13.0. The van der Waals surface area contributed by atoms with Crippen molar-refractivity contribution >= 4 is 28.9 Å². The Morgan fingerprint density at radius 3 is 2.60 bits per heavy atom. The molecule has 0 atom stereocenters. The van der Waals surface area contributed by atoms with Gasteiger partial charge in [0.1, 0.15) is 23.0 Å². The first-order valence-electron chi connectivity index (χ1n) is 7.28. The molecule has 1 heterocycles. The Kier molecular flexibility index (Phi) is 4.63. The van der Waals surface area contributed by atoms with Gasteiger partial charge in [-0.15, -0.1) is 0 Å². The van der Waals surface area contributed by atoms with Gasteiger partial charge in [-0.1, -0.05) is 11.6 Å². The van der Waals surface area contributed by atoms with Crippen LogP contribution in [0.5, 0.6) is 5.75 Å². The number of hydrogen-bond donors (Lipinski definition) is 2. The number of carbonyl (C=O) groups is 1.